The topological polar surface area (TPSA) is 89.3 Å². The molecular formula is C15H19ClN4O3. The Morgan fingerprint density at radius 3 is 2.87 bits per heavy atom. The Kier molecular flexibility index (Phi) is 5.95. The molecule has 0 bridgehead atoms. The summed E-state index contributed by atoms with van der Waals surface area (Å²) < 4.78 is 10.5. The highest BCUT2D eigenvalue weighted by Gasteiger charge is 2.19. The van der Waals surface area contributed by atoms with E-state index in [1.54, 1.807) is 19.1 Å². The third kappa shape index (κ3) is 4.43. The van der Waals surface area contributed by atoms with Crippen LogP contribution in [0.1, 0.15) is 22.1 Å². The number of carbonyl (C=O) groups excluding carboxylic acids is 1. The molecule has 0 atom stereocenters. The first-order valence-electron chi connectivity index (χ1n) is 7.22. The lowest BCUT2D eigenvalue weighted by Gasteiger charge is -2.27. The Bertz CT molecular complexity index is 658. The number of para-hydroxylation sites is 1. The van der Waals surface area contributed by atoms with Crippen LogP contribution in [-0.2, 0) is 6.61 Å². The zero-order chi connectivity index (χ0) is 15.4. The highest BCUT2D eigenvalue weighted by atomic mass is 35.5. The smallest absolute Gasteiger partial charge is 0.255 e. The van der Waals surface area contributed by atoms with Crippen molar-refractivity contribution in [2.75, 3.05) is 19.6 Å². The first kappa shape index (κ1) is 17.2. The number of benzene rings is 1. The van der Waals surface area contributed by atoms with Crippen molar-refractivity contribution in [1.82, 2.24) is 20.8 Å². The van der Waals surface area contributed by atoms with Gasteiger partial charge in [-0.15, -0.1) is 12.4 Å². The number of nitrogens with zero attached hydrogens (tertiary/aromatic N) is 2. The van der Waals surface area contributed by atoms with E-state index in [-0.39, 0.29) is 24.9 Å². The summed E-state index contributed by atoms with van der Waals surface area (Å²) in [5.41, 5.74) is 0.509. The van der Waals surface area contributed by atoms with Crippen molar-refractivity contribution >= 4 is 18.3 Å². The second-order valence-electron chi connectivity index (χ2n) is 5.25. The molecule has 124 valence electrons. The van der Waals surface area contributed by atoms with Gasteiger partial charge in [0.1, 0.15) is 5.75 Å². The number of aryl methyl sites for hydroxylation is 1. The Labute approximate surface area is 140 Å². The Hall–Kier alpha value is -2.12. The van der Waals surface area contributed by atoms with E-state index < -0.39 is 0 Å². The molecule has 1 fully saturated rings. The molecule has 0 radical (unpaired) electrons. The number of rotatable bonds is 6. The van der Waals surface area contributed by atoms with Crippen molar-refractivity contribution in [3.63, 3.8) is 0 Å². The number of hydrogen-bond acceptors (Lipinski definition) is 6. The second-order valence-corrected chi connectivity index (χ2v) is 5.25. The van der Waals surface area contributed by atoms with E-state index in [0.717, 1.165) is 13.1 Å². The third-order valence-corrected chi connectivity index (χ3v) is 3.48. The molecule has 2 heterocycles. The predicted molar refractivity (Wildman–Crippen MR) is 85.7 cm³/mol. The van der Waals surface area contributed by atoms with Crippen molar-refractivity contribution in [2.45, 2.75) is 13.5 Å². The maximum atomic E-state index is 12.3. The maximum Gasteiger partial charge on any atom is 0.255 e. The molecule has 2 N–H and O–H groups in total. The molecule has 1 saturated heterocycles. The average Bonchev–Trinajstić information content (AvgIpc) is 2.89. The minimum atomic E-state index is -0.133. The Balaban J connectivity index is 0.00000192. The zero-order valence-electron chi connectivity index (χ0n) is 12.7. The summed E-state index contributed by atoms with van der Waals surface area (Å²) in [7, 11) is 0. The molecule has 8 heteroatoms. The molecule has 1 amide bonds. The van der Waals surface area contributed by atoms with Gasteiger partial charge in [0, 0.05) is 32.5 Å². The van der Waals surface area contributed by atoms with Crippen LogP contribution in [0.4, 0.5) is 0 Å². The van der Waals surface area contributed by atoms with Crippen LogP contribution in [0.2, 0.25) is 0 Å². The monoisotopic (exact) mass is 338 g/mol. The fourth-order valence-electron chi connectivity index (χ4n) is 2.15. The highest BCUT2D eigenvalue weighted by Crippen LogP contribution is 2.19. The van der Waals surface area contributed by atoms with Gasteiger partial charge in [-0.05, 0) is 12.1 Å². The average molecular weight is 339 g/mol. The lowest BCUT2D eigenvalue weighted by Crippen LogP contribution is -2.48. The van der Waals surface area contributed by atoms with Gasteiger partial charge >= 0.3 is 0 Å². The number of ether oxygens (including phenoxy) is 1. The number of aromatic nitrogens is 2. The second kappa shape index (κ2) is 7.94. The molecule has 1 aromatic carbocycles. The van der Waals surface area contributed by atoms with E-state index in [1.165, 1.54) is 0 Å². The minimum absolute atomic E-state index is 0. The van der Waals surface area contributed by atoms with Gasteiger partial charge in [0.15, 0.2) is 6.61 Å². The molecule has 0 saturated carbocycles. The lowest BCUT2D eigenvalue weighted by atomic mass is 10.0. The van der Waals surface area contributed by atoms with Crippen LogP contribution in [-0.4, -0.2) is 35.7 Å². The predicted octanol–water partition coefficient (Wildman–Crippen LogP) is 1.33. The summed E-state index contributed by atoms with van der Waals surface area (Å²) in [5, 5.41) is 9.88. The van der Waals surface area contributed by atoms with Crippen LogP contribution in [0.25, 0.3) is 0 Å². The number of amides is 1. The summed E-state index contributed by atoms with van der Waals surface area (Å²) >= 11 is 0. The molecule has 0 unspecified atom stereocenters. The first-order chi connectivity index (χ1) is 10.7. The van der Waals surface area contributed by atoms with Gasteiger partial charge in [0.05, 0.1) is 5.56 Å². The molecule has 1 aliphatic rings. The van der Waals surface area contributed by atoms with E-state index in [0.29, 0.717) is 35.5 Å². The quantitative estimate of drug-likeness (QED) is 0.826. The Morgan fingerprint density at radius 1 is 1.43 bits per heavy atom. The Morgan fingerprint density at radius 2 is 2.22 bits per heavy atom. The van der Waals surface area contributed by atoms with Crippen LogP contribution < -0.4 is 15.4 Å². The summed E-state index contributed by atoms with van der Waals surface area (Å²) in [4.78, 5) is 16.3. The van der Waals surface area contributed by atoms with Crippen LogP contribution in [0.3, 0.4) is 0 Å². The molecule has 0 spiro atoms. The number of carbonyl (C=O) groups is 1. The van der Waals surface area contributed by atoms with Gasteiger partial charge in [0.2, 0.25) is 11.7 Å². The van der Waals surface area contributed by atoms with Gasteiger partial charge in [0.25, 0.3) is 5.91 Å². The van der Waals surface area contributed by atoms with Crippen molar-refractivity contribution in [2.24, 2.45) is 5.92 Å². The zero-order valence-corrected chi connectivity index (χ0v) is 13.6. The van der Waals surface area contributed by atoms with E-state index >= 15 is 0 Å². The number of nitrogens with one attached hydrogen (secondary N) is 2. The summed E-state index contributed by atoms with van der Waals surface area (Å²) in [6, 6.07) is 7.13. The van der Waals surface area contributed by atoms with Crippen LogP contribution in [0.5, 0.6) is 5.75 Å². The van der Waals surface area contributed by atoms with Gasteiger partial charge in [-0.25, -0.2) is 0 Å². The fraction of sp³-hybridized carbons (Fsp3) is 0.400. The largest absolute Gasteiger partial charge is 0.485 e. The lowest BCUT2D eigenvalue weighted by molar-refractivity contribution is 0.0937. The van der Waals surface area contributed by atoms with E-state index in [9.17, 15) is 4.79 Å². The van der Waals surface area contributed by atoms with Crippen molar-refractivity contribution < 1.29 is 14.1 Å². The van der Waals surface area contributed by atoms with Gasteiger partial charge in [-0.2, -0.15) is 4.98 Å². The summed E-state index contributed by atoms with van der Waals surface area (Å²) in [6.45, 7) is 4.46. The molecule has 0 aliphatic carbocycles. The highest BCUT2D eigenvalue weighted by molar-refractivity contribution is 5.96. The molecule has 3 rings (SSSR count). The minimum Gasteiger partial charge on any atom is -0.485 e. The fourth-order valence-corrected chi connectivity index (χ4v) is 2.15. The molecule has 23 heavy (non-hydrogen) atoms. The molecular weight excluding hydrogens is 320 g/mol. The third-order valence-electron chi connectivity index (χ3n) is 3.48. The van der Waals surface area contributed by atoms with Gasteiger partial charge in [-0.1, -0.05) is 17.3 Å². The molecule has 1 aliphatic heterocycles. The summed E-state index contributed by atoms with van der Waals surface area (Å²) in [6.07, 6.45) is 0. The van der Waals surface area contributed by atoms with Crippen LogP contribution >= 0.6 is 12.4 Å². The molecule has 1 aromatic heterocycles. The molecule has 7 nitrogen and oxygen atoms in total. The molecule has 2 aromatic rings. The SMILES string of the molecule is Cc1nc(COc2ccccc2C(=O)NCC2CNC2)no1.Cl. The normalized spacial score (nSPS) is 13.8. The van der Waals surface area contributed by atoms with E-state index in [1.807, 2.05) is 12.1 Å². The summed E-state index contributed by atoms with van der Waals surface area (Å²) in [5.74, 6) is 1.83. The number of halogens is 1. The first-order valence-corrected chi connectivity index (χ1v) is 7.22. The maximum absolute atomic E-state index is 12.3. The van der Waals surface area contributed by atoms with Gasteiger partial charge in [-0.3, -0.25) is 4.79 Å². The van der Waals surface area contributed by atoms with Gasteiger partial charge < -0.3 is 19.9 Å². The van der Waals surface area contributed by atoms with Crippen molar-refractivity contribution in [3.05, 3.63) is 41.5 Å². The van der Waals surface area contributed by atoms with Crippen LogP contribution in [0.15, 0.2) is 28.8 Å². The van der Waals surface area contributed by atoms with E-state index in [4.69, 9.17) is 9.26 Å². The standard InChI is InChI=1S/C15H18N4O3.ClH/c1-10-18-14(19-22-10)9-21-13-5-3-2-4-12(13)15(20)17-8-11-6-16-7-11;/h2-5,11,16H,6-9H2,1H3,(H,17,20);1H. The number of hydrogen-bond donors (Lipinski definition) is 2. The van der Waals surface area contributed by atoms with E-state index in [2.05, 4.69) is 20.8 Å². The van der Waals surface area contributed by atoms with Crippen molar-refractivity contribution in [1.29, 1.82) is 0 Å². The van der Waals surface area contributed by atoms with Crippen LogP contribution in [0, 0.1) is 12.8 Å². The van der Waals surface area contributed by atoms with Crippen molar-refractivity contribution in [3.8, 4) is 5.75 Å².